The standard InChI is InChI=1S/C14H22N2O/c1-11-4-3-6-16(7-5-11)14-9-13(10-17)8-12(2)15-14/h8-9,11,17H,3-7,10H2,1-2H3. The first kappa shape index (κ1) is 12.4. The van der Waals surface area contributed by atoms with Crippen molar-refractivity contribution < 1.29 is 5.11 Å². The normalized spacial score (nSPS) is 21.4. The van der Waals surface area contributed by atoms with Gasteiger partial charge in [0.15, 0.2) is 0 Å². The highest BCUT2D eigenvalue weighted by Crippen LogP contribution is 2.22. The van der Waals surface area contributed by atoms with Crippen LogP contribution in [0.2, 0.25) is 0 Å². The van der Waals surface area contributed by atoms with Crippen LogP contribution in [0.5, 0.6) is 0 Å². The van der Waals surface area contributed by atoms with Crippen LogP contribution in [0.15, 0.2) is 12.1 Å². The molecule has 1 aliphatic heterocycles. The first-order chi connectivity index (χ1) is 8.19. The van der Waals surface area contributed by atoms with Crippen LogP contribution < -0.4 is 4.90 Å². The molecule has 1 fully saturated rings. The van der Waals surface area contributed by atoms with E-state index in [1.165, 1.54) is 19.3 Å². The summed E-state index contributed by atoms with van der Waals surface area (Å²) in [5, 5.41) is 9.24. The average molecular weight is 234 g/mol. The predicted octanol–water partition coefficient (Wildman–Crippen LogP) is 2.51. The molecule has 1 aromatic rings. The van der Waals surface area contributed by atoms with Gasteiger partial charge in [-0.2, -0.15) is 0 Å². The van der Waals surface area contributed by atoms with Crippen molar-refractivity contribution >= 4 is 5.82 Å². The second kappa shape index (κ2) is 5.50. The summed E-state index contributed by atoms with van der Waals surface area (Å²) >= 11 is 0. The van der Waals surface area contributed by atoms with Gasteiger partial charge in [0.25, 0.3) is 0 Å². The van der Waals surface area contributed by atoms with E-state index in [2.05, 4.69) is 16.8 Å². The van der Waals surface area contributed by atoms with E-state index < -0.39 is 0 Å². The molecule has 1 aliphatic rings. The molecule has 2 rings (SSSR count). The summed E-state index contributed by atoms with van der Waals surface area (Å²) in [6.45, 7) is 6.59. The molecule has 2 heterocycles. The number of aryl methyl sites for hydroxylation is 1. The number of hydrogen-bond donors (Lipinski definition) is 1. The predicted molar refractivity (Wildman–Crippen MR) is 70.1 cm³/mol. The second-order valence-electron chi connectivity index (χ2n) is 5.16. The van der Waals surface area contributed by atoms with Crippen LogP contribution in [0.4, 0.5) is 5.82 Å². The van der Waals surface area contributed by atoms with Crippen molar-refractivity contribution in [1.29, 1.82) is 0 Å². The molecule has 0 saturated carbocycles. The van der Waals surface area contributed by atoms with Crippen molar-refractivity contribution in [2.75, 3.05) is 18.0 Å². The fourth-order valence-corrected chi connectivity index (χ4v) is 2.47. The number of aromatic nitrogens is 1. The van der Waals surface area contributed by atoms with E-state index >= 15 is 0 Å². The Kier molecular flexibility index (Phi) is 4.00. The molecule has 0 radical (unpaired) electrons. The molecule has 0 spiro atoms. The van der Waals surface area contributed by atoms with Crippen LogP contribution >= 0.6 is 0 Å². The van der Waals surface area contributed by atoms with Crippen molar-refractivity contribution in [3.63, 3.8) is 0 Å². The Morgan fingerprint density at radius 2 is 2.18 bits per heavy atom. The van der Waals surface area contributed by atoms with Gasteiger partial charge in [-0.15, -0.1) is 0 Å². The molecule has 1 unspecified atom stereocenters. The van der Waals surface area contributed by atoms with Crippen molar-refractivity contribution in [2.45, 2.75) is 39.7 Å². The molecule has 1 atom stereocenters. The van der Waals surface area contributed by atoms with Crippen LogP contribution in [-0.2, 0) is 6.61 Å². The van der Waals surface area contributed by atoms with Gasteiger partial charge >= 0.3 is 0 Å². The van der Waals surface area contributed by atoms with E-state index in [-0.39, 0.29) is 6.61 Å². The molecule has 94 valence electrons. The van der Waals surface area contributed by atoms with E-state index in [1.807, 2.05) is 19.1 Å². The maximum Gasteiger partial charge on any atom is 0.129 e. The van der Waals surface area contributed by atoms with Crippen molar-refractivity contribution in [3.05, 3.63) is 23.4 Å². The fourth-order valence-electron chi connectivity index (χ4n) is 2.47. The zero-order valence-corrected chi connectivity index (χ0v) is 10.8. The van der Waals surface area contributed by atoms with E-state index in [1.54, 1.807) is 0 Å². The lowest BCUT2D eigenvalue weighted by molar-refractivity contribution is 0.281. The average Bonchev–Trinajstić information content (AvgIpc) is 2.53. The van der Waals surface area contributed by atoms with Gasteiger partial charge in [0, 0.05) is 18.8 Å². The molecular formula is C14H22N2O. The summed E-state index contributed by atoms with van der Waals surface area (Å²) < 4.78 is 0. The molecule has 3 nitrogen and oxygen atoms in total. The topological polar surface area (TPSA) is 36.4 Å². The Balaban J connectivity index is 2.17. The van der Waals surface area contributed by atoms with Crippen LogP contribution in [-0.4, -0.2) is 23.2 Å². The van der Waals surface area contributed by atoms with Crippen LogP contribution in [0.3, 0.4) is 0 Å². The Labute approximate surface area is 103 Å². The minimum Gasteiger partial charge on any atom is -0.392 e. The van der Waals surface area contributed by atoms with Crippen molar-refractivity contribution in [3.8, 4) is 0 Å². The van der Waals surface area contributed by atoms with Crippen LogP contribution in [0.25, 0.3) is 0 Å². The highest BCUT2D eigenvalue weighted by atomic mass is 16.3. The third-order valence-corrected chi connectivity index (χ3v) is 3.52. The first-order valence-corrected chi connectivity index (χ1v) is 6.52. The third-order valence-electron chi connectivity index (χ3n) is 3.52. The second-order valence-corrected chi connectivity index (χ2v) is 5.16. The summed E-state index contributed by atoms with van der Waals surface area (Å²) in [4.78, 5) is 6.94. The summed E-state index contributed by atoms with van der Waals surface area (Å²) in [6.07, 6.45) is 3.80. The smallest absolute Gasteiger partial charge is 0.129 e. The van der Waals surface area contributed by atoms with Gasteiger partial charge in [0.05, 0.1) is 6.61 Å². The molecule has 0 amide bonds. The largest absolute Gasteiger partial charge is 0.392 e. The lowest BCUT2D eigenvalue weighted by Crippen LogP contribution is -2.25. The molecule has 3 heteroatoms. The number of aliphatic hydroxyl groups excluding tert-OH is 1. The van der Waals surface area contributed by atoms with Gasteiger partial charge in [0.1, 0.15) is 5.82 Å². The number of rotatable bonds is 2. The van der Waals surface area contributed by atoms with E-state index in [0.29, 0.717) is 0 Å². The minimum atomic E-state index is 0.0978. The monoisotopic (exact) mass is 234 g/mol. The number of nitrogens with zero attached hydrogens (tertiary/aromatic N) is 2. The van der Waals surface area contributed by atoms with Crippen LogP contribution in [0, 0.1) is 12.8 Å². The zero-order chi connectivity index (χ0) is 12.3. The quantitative estimate of drug-likeness (QED) is 0.854. The van der Waals surface area contributed by atoms with E-state index in [0.717, 1.165) is 36.1 Å². The summed E-state index contributed by atoms with van der Waals surface area (Å²) in [5.41, 5.74) is 1.95. The SMILES string of the molecule is Cc1cc(CO)cc(N2CCCC(C)CC2)n1. The molecule has 1 saturated heterocycles. The zero-order valence-electron chi connectivity index (χ0n) is 10.8. The molecular weight excluding hydrogens is 212 g/mol. The highest BCUT2D eigenvalue weighted by molar-refractivity contribution is 5.42. The van der Waals surface area contributed by atoms with Gasteiger partial charge in [-0.25, -0.2) is 4.98 Å². The van der Waals surface area contributed by atoms with Gasteiger partial charge in [-0.1, -0.05) is 6.92 Å². The molecule has 1 N–H and O–H groups in total. The lowest BCUT2D eigenvalue weighted by atomic mass is 10.0. The maximum absolute atomic E-state index is 9.24. The third kappa shape index (κ3) is 3.19. The number of anilines is 1. The first-order valence-electron chi connectivity index (χ1n) is 6.52. The molecule has 1 aromatic heterocycles. The number of aliphatic hydroxyl groups is 1. The summed E-state index contributed by atoms with van der Waals surface area (Å²) in [7, 11) is 0. The summed E-state index contributed by atoms with van der Waals surface area (Å²) in [6, 6.07) is 3.97. The Hall–Kier alpha value is -1.09. The van der Waals surface area contributed by atoms with Crippen molar-refractivity contribution in [2.24, 2.45) is 5.92 Å². The molecule has 0 aromatic carbocycles. The van der Waals surface area contributed by atoms with E-state index in [9.17, 15) is 5.11 Å². The molecule has 17 heavy (non-hydrogen) atoms. The Morgan fingerprint density at radius 1 is 1.35 bits per heavy atom. The highest BCUT2D eigenvalue weighted by Gasteiger charge is 2.15. The lowest BCUT2D eigenvalue weighted by Gasteiger charge is -2.22. The number of pyridine rings is 1. The van der Waals surface area contributed by atoms with Crippen LogP contribution in [0.1, 0.15) is 37.4 Å². The Morgan fingerprint density at radius 3 is 2.94 bits per heavy atom. The van der Waals surface area contributed by atoms with Gasteiger partial charge < -0.3 is 10.0 Å². The summed E-state index contributed by atoms with van der Waals surface area (Å²) in [5.74, 6) is 1.85. The fraction of sp³-hybridized carbons (Fsp3) is 0.643. The Bertz CT molecular complexity index is 378. The van der Waals surface area contributed by atoms with Gasteiger partial charge in [0.2, 0.25) is 0 Å². The van der Waals surface area contributed by atoms with E-state index in [4.69, 9.17) is 0 Å². The number of hydrogen-bond acceptors (Lipinski definition) is 3. The van der Waals surface area contributed by atoms with Gasteiger partial charge in [-0.05, 0) is 49.8 Å². The van der Waals surface area contributed by atoms with Crippen molar-refractivity contribution in [1.82, 2.24) is 4.98 Å². The van der Waals surface area contributed by atoms with Gasteiger partial charge in [-0.3, -0.25) is 0 Å². The maximum atomic E-state index is 9.24. The minimum absolute atomic E-state index is 0.0978. The molecule has 0 aliphatic carbocycles. The molecule has 0 bridgehead atoms.